The number of nitrogens with one attached hydrogen (secondary N) is 1. The maximum Gasteiger partial charge on any atom is 0.282 e. The molecule has 5 heteroatoms. The number of amides is 1. The van der Waals surface area contributed by atoms with Crippen molar-refractivity contribution in [3.05, 3.63) is 53.6 Å². The molecule has 2 atom stereocenters. The van der Waals surface area contributed by atoms with Gasteiger partial charge in [-0.2, -0.15) is 0 Å². The molecule has 2 rings (SSSR count). The first-order chi connectivity index (χ1) is 13.5. The van der Waals surface area contributed by atoms with Crippen LogP contribution in [0.2, 0.25) is 0 Å². The number of hydrogen-bond donors (Lipinski definition) is 2. The van der Waals surface area contributed by atoms with Crippen LogP contribution in [-0.4, -0.2) is 25.2 Å². The topological polar surface area (TPSA) is 64.2 Å². The summed E-state index contributed by atoms with van der Waals surface area (Å²) in [6.07, 6.45) is 0.988. The lowest BCUT2D eigenvalue weighted by Gasteiger charge is -2.18. The fraction of sp³-hybridized carbons (Fsp3) is 0.435. The number of carbonyl (C=O) groups excluding carboxylic acids is 1. The molecule has 0 spiro atoms. The molecule has 0 saturated carbocycles. The highest BCUT2D eigenvalue weighted by molar-refractivity contribution is 5.93. The summed E-state index contributed by atoms with van der Waals surface area (Å²) in [6, 6.07) is 13.9. The summed E-state index contributed by atoms with van der Waals surface area (Å²) in [6.45, 7) is 11.2. The summed E-state index contributed by atoms with van der Waals surface area (Å²) in [5.41, 5.74) is 3.18. The average Bonchev–Trinajstić information content (AvgIpc) is 2.70. The van der Waals surface area contributed by atoms with E-state index < -0.39 is 0 Å². The maximum atomic E-state index is 12.6. The molecular formula is C23H33N2O3+. The van der Waals surface area contributed by atoms with Crippen LogP contribution in [0.1, 0.15) is 51.8 Å². The second-order valence-corrected chi connectivity index (χ2v) is 6.88. The van der Waals surface area contributed by atoms with Crippen LogP contribution in [0, 0.1) is 0 Å². The number of rotatable bonds is 10. The monoisotopic (exact) mass is 385 g/mol. The lowest BCUT2D eigenvalue weighted by Crippen LogP contribution is -2.91. The second-order valence-electron chi connectivity index (χ2n) is 6.88. The minimum Gasteiger partial charge on any atom is -0.490 e. The van der Waals surface area contributed by atoms with Gasteiger partial charge in [0, 0.05) is 11.3 Å². The molecule has 5 nitrogen and oxygen atoms in total. The number of carbonyl (C=O) groups is 1. The third kappa shape index (κ3) is 5.99. The predicted molar refractivity (Wildman–Crippen MR) is 113 cm³/mol. The Bertz CT molecular complexity index is 759. The number of nitrogens with two attached hydrogens (primary N) is 1. The number of benzene rings is 2. The normalized spacial score (nSPS) is 12.9. The molecule has 3 N–H and O–H groups in total. The Labute approximate surface area is 168 Å². The minimum absolute atomic E-state index is 0.00735. The van der Waals surface area contributed by atoms with Gasteiger partial charge in [-0.3, -0.25) is 4.79 Å². The molecule has 0 aromatic heterocycles. The number of aryl methyl sites for hydroxylation is 1. The molecule has 0 aliphatic heterocycles. The molecule has 0 heterocycles. The van der Waals surface area contributed by atoms with E-state index in [1.54, 1.807) is 0 Å². The van der Waals surface area contributed by atoms with Gasteiger partial charge in [-0.1, -0.05) is 19.1 Å². The van der Waals surface area contributed by atoms with E-state index in [9.17, 15) is 4.79 Å². The summed E-state index contributed by atoms with van der Waals surface area (Å²) in [7, 11) is 0. The number of quaternary nitrogens is 1. The highest BCUT2D eigenvalue weighted by atomic mass is 16.5. The van der Waals surface area contributed by atoms with Crippen molar-refractivity contribution in [3.8, 4) is 11.5 Å². The Morgan fingerprint density at radius 3 is 2.21 bits per heavy atom. The third-order valence-corrected chi connectivity index (χ3v) is 4.71. The first kappa shape index (κ1) is 21.8. The summed E-state index contributed by atoms with van der Waals surface area (Å²) < 4.78 is 11.3. The van der Waals surface area contributed by atoms with Gasteiger partial charge in [0.1, 0.15) is 6.04 Å². The van der Waals surface area contributed by atoms with Gasteiger partial charge in [0.25, 0.3) is 5.91 Å². The van der Waals surface area contributed by atoms with Crippen molar-refractivity contribution >= 4 is 11.6 Å². The van der Waals surface area contributed by atoms with E-state index in [0.29, 0.717) is 13.2 Å². The Balaban J connectivity index is 2.00. The Kier molecular flexibility index (Phi) is 8.33. The highest BCUT2D eigenvalue weighted by Crippen LogP contribution is 2.30. The maximum absolute atomic E-state index is 12.6. The molecule has 28 heavy (non-hydrogen) atoms. The van der Waals surface area contributed by atoms with Crippen LogP contribution in [0.5, 0.6) is 11.5 Å². The van der Waals surface area contributed by atoms with Crippen LogP contribution < -0.4 is 20.1 Å². The minimum atomic E-state index is -0.219. The molecule has 0 saturated heterocycles. The molecule has 2 aromatic rings. The molecule has 1 amide bonds. The van der Waals surface area contributed by atoms with Gasteiger partial charge in [-0.15, -0.1) is 0 Å². The number of anilines is 1. The molecule has 0 fully saturated rings. The van der Waals surface area contributed by atoms with Crippen LogP contribution in [0.4, 0.5) is 5.69 Å². The van der Waals surface area contributed by atoms with Crippen LogP contribution in [-0.2, 0) is 11.2 Å². The molecular weight excluding hydrogens is 352 g/mol. The Morgan fingerprint density at radius 2 is 1.61 bits per heavy atom. The Morgan fingerprint density at radius 1 is 0.964 bits per heavy atom. The van der Waals surface area contributed by atoms with Crippen molar-refractivity contribution < 1.29 is 19.6 Å². The fourth-order valence-corrected chi connectivity index (χ4v) is 3.06. The average molecular weight is 386 g/mol. The zero-order valence-corrected chi connectivity index (χ0v) is 17.6. The van der Waals surface area contributed by atoms with Crippen LogP contribution in [0.15, 0.2) is 42.5 Å². The van der Waals surface area contributed by atoms with E-state index in [0.717, 1.165) is 29.2 Å². The molecule has 0 aliphatic carbocycles. The van der Waals surface area contributed by atoms with Gasteiger partial charge < -0.3 is 20.1 Å². The van der Waals surface area contributed by atoms with Crippen molar-refractivity contribution in [2.24, 2.45) is 0 Å². The smallest absolute Gasteiger partial charge is 0.282 e. The van der Waals surface area contributed by atoms with E-state index in [4.69, 9.17) is 9.47 Å². The standard InChI is InChI=1S/C23H32N2O3/c1-6-18-9-12-20(13-10-18)25-23(26)17(5)24-16(4)19-11-14-21(27-7-2)22(15-19)28-8-3/h9-17,24H,6-8H2,1-5H3,(H,25,26)/p+1/t16-,17+/m0/s1. The van der Waals surface area contributed by atoms with E-state index in [1.807, 2.05) is 63.2 Å². The van der Waals surface area contributed by atoms with Gasteiger partial charge in [0.15, 0.2) is 17.5 Å². The summed E-state index contributed by atoms with van der Waals surface area (Å²) in [4.78, 5) is 12.6. The van der Waals surface area contributed by atoms with Crippen molar-refractivity contribution in [2.75, 3.05) is 18.5 Å². The molecule has 0 aliphatic rings. The number of ether oxygens (including phenoxy) is 2. The van der Waals surface area contributed by atoms with Crippen LogP contribution in [0.25, 0.3) is 0 Å². The quantitative estimate of drug-likeness (QED) is 0.655. The highest BCUT2D eigenvalue weighted by Gasteiger charge is 2.21. The number of hydrogen-bond acceptors (Lipinski definition) is 3. The van der Waals surface area contributed by atoms with Crippen molar-refractivity contribution in [2.45, 2.75) is 53.1 Å². The summed E-state index contributed by atoms with van der Waals surface area (Å²) in [5.74, 6) is 1.49. The lowest BCUT2D eigenvalue weighted by molar-refractivity contribution is -0.709. The van der Waals surface area contributed by atoms with Gasteiger partial charge >= 0.3 is 0 Å². The van der Waals surface area contributed by atoms with E-state index >= 15 is 0 Å². The predicted octanol–water partition coefficient (Wildman–Crippen LogP) is 3.70. The Hall–Kier alpha value is -2.53. The van der Waals surface area contributed by atoms with Gasteiger partial charge in [-0.05, 0) is 70.0 Å². The first-order valence-electron chi connectivity index (χ1n) is 10.1. The van der Waals surface area contributed by atoms with E-state index in [1.165, 1.54) is 5.56 Å². The largest absolute Gasteiger partial charge is 0.490 e. The van der Waals surface area contributed by atoms with Crippen LogP contribution >= 0.6 is 0 Å². The van der Waals surface area contributed by atoms with Gasteiger partial charge in [-0.25, -0.2) is 0 Å². The molecule has 0 radical (unpaired) electrons. The molecule has 152 valence electrons. The van der Waals surface area contributed by atoms with Crippen molar-refractivity contribution in [1.29, 1.82) is 0 Å². The molecule has 0 bridgehead atoms. The van der Waals surface area contributed by atoms with E-state index in [-0.39, 0.29) is 18.0 Å². The van der Waals surface area contributed by atoms with Crippen molar-refractivity contribution in [3.63, 3.8) is 0 Å². The lowest BCUT2D eigenvalue weighted by atomic mass is 10.1. The molecule has 0 unspecified atom stereocenters. The first-order valence-corrected chi connectivity index (χ1v) is 10.1. The third-order valence-electron chi connectivity index (χ3n) is 4.71. The zero-order valence-electron chi connectivity index (χ0n) is 17.6. The summed E-state index contributed by atoms with van der Waals surface area (Å²) >= 11 is 0. The fourth-order valence-electron chi connectivity index (χ4n) is 3.06. The zero-order chi connectivity index (χ0) is 20.5. The summed E-state index contributed by atoms with van der Waals surface area (Å²) in [5, 5.41) is 5.05. The SMILES string of the molecule is CCOc1ccc([C@H](C)[NH2+][C@H](C)C(=O)Nc2ccc(CC)cc2)cc1OCC. The van der Waals surface area contributed by atoms with Crippen molar-refractivity contribution in [1.82, 2.24) is 0 Å². The van der Waals surface area contributed by atoms with Crippen LogP contribution in [0.3, 0.4) is 0 Å². The second kappa shape index (κ2) is 10.7. The van der Waals surface area contributed by atoms with E-state index in [2.05, 4.69) is 24.5 Å². The van der Waals surface area contributed by atoms with Gasteiger partial charge in [0.2, 0.25) is 0 Å². The van der Waals surface area contributed by atoms with Gasteiger partial charge in [0.05, 0.1) is 13.2 Å². The molecule has 2 aromatic carbocycles.